The van der Waals surface area contributed by atoms with E-state index >= 15 is 0 Å². The predicted octanol–water partition coefficient (Wildman–Crippen LogP) is 3.38. The Morgan fingerprint density at radius 3 is 2.61 bits per heavy atom. The van der Waals surface area contributed by atoms with Crippen LogP contribution in [-0.4, -0.2) is 49.9 Å². The maximum absolute atomic E-state index is 13.2. The minimum absolute atomic E-state index is 0.0245. The van der Waals surface area contributed by atoms with Gasteiger partial charge in [0.2, 0.25) is 0 Å². The summed E-state index contributed by atoms with van der Waals surface area (Å²) < 4.78 is 16.0. The molecule has 0 spiro atoms. The van der Waals surface area contributed by atoms with E-state index in [1.54, 1.807) is 24.3 Å². The summed E-state index contributed by atoms with van der Waals surface area (Å²) in [6.45, 7) is 2.71. The highest BCUT2D eigenvalue weighted by molar-refractivity contribution is 6.08. The molecule has 3 aliphatic rings. The average Bonchev–Trinajstić information content (AvgIpc) is 3.30. The minimum Gasteiger partial charge on any atom is -0.465 e. The number of carbonyl (C=O) groups excluding carboxylic acids is 3. The van der Waals surface area contributed by atoms with E-state index in [0.29, 0.717) is 36.3 Å². The third kappa shape index (κ3) is 4.32. The lowest BCUT2D eigenvalue weighted by Gasteiger charge is -2.34. The molecule has 0 N–H and O–H groups in total. The van der Waals surface area contributed by atoms with Crippen LogP contribution in [0.2, 0.25) is 0 Å². The molecule has 164 valence electrons. The molecule has 4 rings (SSSR count). The number of benzene rings is 1. The van der Waals surface area contributed by atoms with E-state index in [0.717, 1.165) is 30.5 Å². The quantitative estimate of drug-likeness (QED) is 0.672. The van der Waals surface area contributed by atoms with E-state index in [9.17, 15) is 14.4 Å². The van der Waals surface area contributed by atoms with Crippen molar-refractivity contribution in [3.05, 3.63) is 46.7 Å². The second-order valence-electron chi connectivity index (χ2n) is 8.22. The molecule has 1 fully saturated rings. The molecule has 3 atom stereocenters. The third-order valence-electron chi connectivity index (χ3n) is 6.21. The van der Waals surface area contributed by atoms with Gasteiger partial charge in [-0.3, -0.25) is 14.6 Å². The number of ether oxygens (including phenoxy) is 3. The van der Waals surface area contributed by atoms with Crippen LogP contribution in [0.25, 0.3) is 0 Å². The summed E-state index contributed by atoms with van der Waals surface area (Å²) in [5.41, 5.74) is 3.20. The Bertz CT molecular complexity index is 939. The van der Waals surface area contributed by atoms with Crippen LogP contribution in [0.4, 0.5) is 0 Å². The lowest BCUT2D eigenvalue weighted by molar-refractivity contribution is -0.149. The highest BCUT2D eigenvalue weighted by atomic mass is 16.6. The fraction of sp³-hybridized carbons (Fsp3) is 0.500. The van der Waals surface area contributed by atoms with Crippen LogP contribution in [0.1, 0.15) is 60.9 Å². The Balaban J connectivity index is 1.67. The number of rotatable bonds is 5. The van der Waals surface area contributed by atoms with E-state index in [4.69, 9.17) is 14.2 Å². The summed E-state index contributed by atoms with van der Waals surface area (Å²) in [6, 6.07) is 6.87. The van der Waals surface area contributed by atoms with Crippen molar-refractivity contribution in [2.24, 2.45) is 10.9 Å². The number of hydrogen-bond acceptors (Lipinski definition) is 7. The predicted molar refractivity (Wildman–Crippen MR) is 113 cm³/mol. The van der Waals surface area contributed by atoms with Crippen LogP contribution < -0.4 is 0 Å². The van der Waals surface area contributed by atoms with Crippen molar-refractivity contribution in [1.29, 1.82) is 0 Å². The highest BCUT2D eigenvalue weighted by Gasteiger charge is 2.43. The number of carbonyl (C=O) groups is 3. The number of ketones is 1. The summed E-state index contributed by atoms with van der Waals surface area (Å²) in [4.78, 5) is 42.6. The zero-order valence-corrected chi connectivity index (χ0v) is 17.9. The largest absolute Gasteiger partial charge is 0.465 e. The maximum atomic E-state index is 13.2. The van der Waals surface area contributed by atoms with Gasteiger partial charge in [-0.15, -0.1) is 0 Å². The Morgan fingerprint density at radius 2 is 1.94 bits per heavy atom. The first-order valence-corrected chi connectivity index (χ1v) is 10.8. The standard InChI is InChI=1S/C24H27NO6/c1-14-20(24(28)31-13-17-5-4-12-30-17)21(22-18(25-14)6-3-7-19(22)26)15-8-10-16(11-9-15)23(27)29-2/h8-11,17,20-21H,3-7,12-13H2,1-2H3/t17-,20?,21+/m0/s1. The molecule has 1 aliphatic carbocycles. The van der Waals surface area contributed by atoms with Crippen LogP contribution in [-0.2, 0) is 23.8 Å². The van der Waals surface area contributed by atoms with Crippen molar-refractivity contribution in [3.8, 4) is 0 Å². The van der Waals surface area contributed by atoms with Crippen LogP contribution in [0.3, 0.4) is 0 Å². The second-order valence-corrected chi connectivity index (χ2v) is 8.22. The van der Waals surface area contributed by atoms with Gasteiger partial charge in [0.25, 0.3) is 0 Å². The molecule has 1 unspecified atom stereocenters. The minimum atomic E-state index is -0.689. The number of esters is 2. The second kappa shape index (κ2) is 9.14. The van der Waals surface area contributed by atoms with E-state index < -0.39 is 23.8 Å². The third-order valence-corrected chi connectivity index (χ3v) is 6.21. The average molecular weight is 425 g/mol. The summed E-state index contributed by atoms with van der Waals surface area (Å²) >= 11 is 0. The van der Waals surface area contributed by atoms with Gasteiger partial charge in [0.15, 0.2) is 5.78 Å². The molecule has 1 saturated heterocycles. The Morgan fingerprint density at radius 1 is 1.16 bits per heavy atom. The first-order valence-electron chi connectivity index (χ1n) is 10.8. The SMILES string of the molecule is COC(=O)c1ccc([C@H]2C3=C(CCCC3=O)N=C(C)C2C(=O)OC[C@@H]2CCCO2)cc1. The molecule has 0 saturated carbocycles. The Hall–Kier alpha value is -2.80. The molecular weight excluding hydrogens is 398 g/mol. The molecule has 1 aromatic carbocycles. The van der Waals surface area contributed by atoms with Gasteiger partial charge < -0.3 is 14.2 Å². The molecule has 0 amide bonds. The van der Waals surface area contributed by atoms with Crippen molar-refractivity contribution >= 4 is 23.4 Å². The fourth-order valence-corrected chi connectivity index (χ4v) is 4.66. The van der Waals surface area contributed by atoms with E-state index in [1.165, 1.54) is 7.11 Å². The van der Waals surface area contributed by atoms with Crippen molar-refractivity contribution < 1.29 is 28.6 Å². The first-order chi connectivity index (χ1) is 15.0. The maximum Gasteiger partial charge on any atom is 0.337 e. The number of allylic oxidation sites excluding steroid dienone is 2. The van der Waals surface area contributed by atoms with Gasteiger partial charge in [-0.1, -0.05) is 12.1 Å². The number of nitrogens with zero attached hydrogens (tertiary/aromatic N) is 1. The number of Topliss-reactive ketones (excluding diaryl/α,β-unsaturated/α-hetero) is 1. The van der Waals surface area contributed by atoms with Crippen LogP contribution in [0.15, 0.2) is 40.5 Å². The first kappa shape index (κ1) is 21.4. The molecular formula is C24H27NO6. The molecule has 1 aromatic rings. The van der Waals surface area contributed by atoms with Gasteiger partial charge in [-0.05, 0) is 50.3 Å². The molecule has 7 heteroatoms. The summed E-state index contributed by atoms with van der Waals surface area (Å²) in [5.74, 6) is -1.98. The summed E-state index contributed by atoms with van der Waals surface area (Å²) in [5, 5.41) is 0. The van der Waals surface area contributed by atoms with Crippen LogP contribution in [0, 0.1) is 5.92 Å². The zero-order chi connectivity index (χ0) is 22.0. The summed E-state index contributed by atoms with van der Waals surface area (Å²) in [6.07, 6.45) is 3.68. The molecule has 0 bridgehead atoms. The Kier molecular flexibility index (Phi) is 6.32. The monoisotopic (exact) mass is 425 g/mol. The van der Waals surface area contributed by atoms with Crippen molar-refractivity contribution in [1.82, 2.24) is 0 Å². The topological polar surface area (TPSA) is 91.3 Å². The van der Waals surface area contributed by atoms with Gasteiger partial charge >= 0.3 is 11.9 Å². The Labute approximate surface area is 181 Å². The molecule has 7 nitrogen and oxygen atoms in total. The smallest absolute Gasteiger partial charge is 0.337 e. The van der Waals surface area contributed by atoms with Gasteiger partial charge in [-0.25, -0.2) is 4.79 Å². The van der Waals surface area contributed by atoms with E-state index in [1.807, 2.05) is 6.92 Å². The fourth-order valence-electron chi connectivity index (χ4n) is 4.66. The summed E-state index contributed by atoms with van der Waals surface area (Å²) in [7, 11) is 1.33. The van der Waals surface area contributed by atoms with Crippen molar-refractivity contribution in [2.45, 2.75) is 51.0 Å². The van der Waals surface area contributed by atoms with Gasteiger partial charge in [0, 0.05) is 35.9 Å². The molecule has 2 aliphatic heterocycles. The number of aliphatic imine (C=N–C) groups is 1. The van der Waals surface area contributed by atoms with Crippen molar-refractivity contribution in [3.63, 3.8) is 0 Å². The number of methoxy groups -OCH3 is 1. The molecule has 0 radical (unpaired) electrons. The normalized spacial score (nSPS) is 25.7. The lowest BCUT2D eigenvalue weighted by atomic mass is 9.71. The van der Waals surface area contributed by atoms with Crippen molar-refractivity contribution in [2.75, 3.05) is 20.3 Å². The molecule has 31 heavy (non-hydrogen) atoms. The van der Waals surface area contributed by atoms with E-state index in [2.05, 4.69) is 4.99 Å². The van der Waals surface area contributed by atoms with Gasteiger partial charge in [-0.2, -0.15) is 0 Å². The lowest BCUT2D eigenvalue weighted by Crippen LogP contribution is -2.38. The highest BCUT2D eigenvalue weighted by Crippen LogP contribution is 2.43. The van der Waals surface area contributed by atoms with Gasteiger partial charge in [0.05, 0.1) is 18.8 Å². The van der Waals surface area contributed by atoms with E-state index in [-0.39, 0.29) is 18.5 Å². The molecule has 0 aromatic heterocycles. The van der Waals surface area contributed by atoms with Crippen LogP contribution in [0.5, 0.6) is 0 Å². The number of hydrogen-bond donors (Lipinski definition) is 0. The zero-order valence-electron chi connectivity index (χ0n) is 17.9. The molecule has 2 heterocycles. The van der Waals surface area contributed by atoms with Gasteiger partial charge in [0.1, 0.15) is 12.5 Å². The van der Waals surface area contributed by atoms with Crippen LogP contribution >= 0.6 is 0 Å².